The molecule has 1 amide bonds. The highest BCUT2D eigenvalue weighted by Crippen LogP contribution is 2.35. The number of aryl methyl sites for hydroxylation is 2. The van der Waals surface area contributed by atoms with Crippen LogP contribution in [-0.4, -0.2) is 35.1 Å². The molecule has 0 aliphatic rings. The van der Waals surface area contributed by atoms with Gasteiger partial charge in [0.1, 0.15) is 23.0 Å². The number of hydrogen-bond donors (Lipinski definition) is 1. The van der Waals surface area contributed by atoms with Crippen LogP contribution in [0.4, 0.5) is 0 Å². The summed E-state index contributed by atoms with van der Waals surface area (Å²) in [6.07, 6.45) is 2.23. The van der Waals surface area contributed by atoms with Gasteiger partial charge in [0.15, 0.2) is 0 Å². The molecule has 36 heavy (non-hydrogen) atoms. The van der Waals surface area contributed by atoms with E-state index in [1.807, 2.05) is 62.5 Å². The number of rotatable bonds is 9. The predicted octanol–water partition coefficient (Wildman–Crippen LogP) is 5.67. The van der Waals surface area contributed by atoms with Gasteiger partial charge in [0.05, 0.1) is 12.7 Å². The number of carbonyl (C=O) groups is 2. The highest BCUT2D eigenvalue weighted by Gasteiger charge is 2.17. The Bertz CT molecular complexity index is 1370. The Morgan fingerprint density at radius 2 is 1.64 bits per heavy atom. The molecule has 4 rings (SSSR count). The minimum absolute atomic E-state index is 0.0335. The molecule has 1 N–H and O–H groups in total. The average Bonchev–Trinajstić information content (AvgIpc) is 3.28. The van der Waals surface area contributed by atoms with Crippen LogP contribution in [0.3, 0.4) is 0 Å². The van der Waals surface area contributed by atoms with Crippen molar-refractivity contribution in [2.24, 2.45) is 0 Å². The molecule has 4 aromatic rings. The average molecular weight is 484 g/mol. The number of nitrogens with one attached hydrogen (secondary N) is 1. The molecule has 0 unspecified atom stereocenters. The lowest BCUT2D eigenvalue weighted by Gasteiger charge is -2.09. The van der Waals surface area contributed by atoms with Gasteiger partial charge in [-0.1, -0.05) is 35.9 Å². The van der Waals surface area contributed by atoms with E-state index in [2.05, 4.69) is 5.32 Å². The van der Waals surface area contributed by atoms with E-state index in [0.29, 0.717) is 35.9 Å². The monoisotopic (exact) mass is 483 g/mol. The van der Waals surface area contributed by atoms with E-state index in [1.54, 1.807) is 36.1 Å². The zero-order valence-corrected chi connectivity index (χ0v) is 20.9. The first kappa shape index (κ1) is 24.7. The third-order valence-electron chi connectivity index (χ3n) is 5.72. The Kier molecular flexibility index (Phi) is 7.49. The summed E-state index contributed by atoms with van der Waals surface area (Å²) in [6, 6.07) is 20.9. The number of carbonyl (C=O) groups excluding carboxylic acids is 2. The molecule has 0 bridgehead atoms. The lowest BCUT2D eigenvalue weighted by atomic mass is 10.1. The maximum atomic E-state index is 12.3. The molecule has 0 atom stereocenters. The molecule has 3 aromatic carbocycles. The third kappa shape index (κ3) is 5.81. The van der Waals surface area contributed by atoms with Crippen molar-refractivity contribution in [1.82, 2.24) is 15.1 Å². The molecule has 0 saturated heterocycles. The van der Waals surface area contributed by atoms with Gasteiger partial charge in [-0.05, 0) is 68.3 Å². The summed E-state index contributed by atoms with van der Waals surface area (Å²) >= 11 is 0. The fourth-order valence-corrected chi connectivity index (χ4v) is 3.71. The summed E-state index contributed by atoms with van der Waals surface area (Å²) in [6.45, 7) is 5.87. The van der Waals surface area contributed by atoms with Gasteiger partial charge in [-0.2, -0.15) is 0 Å². The van der Waals surface area contributed by atoms with E-state index >= 15 is 0 Å². The fourth-order valence-electron chi connectivity index (χ4n) is 3.71. The van der Waals surface area contributed by atoms with Crippen LogP contribution in [-0.2, 0) is 4.79 Å². The van der Waals surface area contributed by atoms with Gasteiger partial charge in [-0.15, -0.1) is 5.10 Å². The van der Waals surface area contributed by atoms with E-state index in [0.717, 1.165) is 27.9 Å². The summed E-state index contributed by atoms with van der Waals surface area (Å²) in [7, 11) is 1.63. The minimum atomic E-state index is -0.237. The van der Waals surface area contributed by atoms with Gasteiger partial charge >= 0.3 is 0 Å². The van der Waals surface area contributed by atoms with Crippen molar-refractivity contribution in [1.29, 1.82) is 0 Å². The van der Waals surface area contributed by atoms with Crippen LogP contribution in [0.1, 0.15) is 34.8 Å². The molecular weight excluding hydrogens is 454 g/mol. The molecule has 7 heteroatoms. The Morgan fingerprint density at radius 3 is 2.31 bits per heavy atom. The molecule has 0 spiro atoms. The van der Waals surface area contributed by atoms with Gasteiger partial charge in [0, 0.05) is 24.7 Å². The molecule has 7 nitrogen and oxygen atoms in total. The number of hydrogen-bond acceptors (Lipinski definition) is 5. The van der Waals surface area contributed by atoms with Crippen molar-refractivity contribution in [2.45, 2.75) is 27.2 Å². The maximum absolute atomic E-state index is 12.3. The Balaban J connectivity index is 1.64. The van der Waals surface area contributed by atoms with Crippen molar-refractivity contribution in [3.8, 4) is 34.2 Å². The highest BCUT2D eigenvalue weighted by atomic mass is 16.5. The Morgan fingerprint density at radius 1 is 0.944 bits per heavy atom. The van der Waals surface area contributed by atoms with Crippen LogP contribution in [0.15, 0.2) is 72.9 Å². The number of methoxy groups -OCH3 is 1. The van der Waals surface area contributed by atoms with Crippen LogP contribution in [0, 0.1) is 13.8 Å². The molecule has 0 aliphatic carbocycles. The molecule has 0 aliphatic heterocycles. The normalized spacial score (nSPS) is 10.7. The highest BCUT2D eigenvalue weighted by molar-refractivity contribution is 5.94. The van der Waals surface area contributed by atoms with Crippen molar-refractivity contribution in [3.05, 3.63) is 89.6 Å². The number of nitrogens with zero attached hydrogens (tertiary/aromatic N) is 2. The molecule has 1 aromatic heterocycles. The zero-order chi connectivity index (χ0) is 25.7. The van der Waals surface area contributed by atoms with Gasteiger partial charge in [-0.3, -0.25) is 9.59 Å². The maximum Gasteiger partial charge on any atom is 0.251 e. The summed E-state index contributed by atoms with van der Waals surface area (Å²) in [5.74, 6) is 1.47. The van der Waals surface area contributed by atoms with Crippen molar-refractivity contribution < 1.29 is 19.1 Å². The van der Waals surface area contributed by atoms with Gasteiger partial charge in [0.2, 0.25) is 5.88 Å². The second-order valence-corrected chi connectivity index (χ2v) is 8.67. The van der Waals surface area contributed by atoms with E-state index < -0.39 is 0 Å². The zero-order valence-electron chi connectivity index (χ0n) is 20.9. The van der Waals surface area contributed by atoms with E-state index in [4.69, 9.17) is 14.6 Å². The van der Waals surface area contributed by atoms with Crippen LogP contribution in [0.25, 0.3) is 16.8 Å². The SMILES string of the molecule is COc1ccc(C)cc1-n1cc(-c2ccc(C)cc2)c(Oc2ccc(C(=O)NCCC(C)=O)cc2)n1. The standard InChI is InChI=1S/C29H29N3O4/c1-19-5-8-22(9-6-19)25-18-32(26-17-20(2)7-14-27(26)35-4)31-29(25)36-24-12-10-23(11-13-24)28(34)30-16-15-21(3)33/h5-14,17-18H,15-16H2,1-4H3,(H,30,34). The lowest BCUT2D eigenvalue weighted by Crippen LogP contribution is -2.25. The number of aromatic nitrogens is 2. The van der Waals surface area contributed by atoms with E-state index in [1.165, 1.54) is 6.92 Å². The van der Waals surface area contributed by atoms with Crippen LogP contribution >= 0.6 is 0 Å². The van der Waals surface area contributed by atoms with Gasteiger partial charge in [0.25, 0.3) is 5.91 Å². The van der Waals surface area contributed by atoms with Crippen molar-refractivity contribution in [3.63, 3.8) is 0 Å². The Hall–Kier alpha value is -4.39. The van der Waals surface area contributed by atoms with Crippen molar-refractivity contribution >= 4 is 11.7 Å². The Labute approximate surface area is 210 Å². The van der Waals surface area contributed by atoms with Crippen molar-refractivity contribution in [2.75, 3.05) is 13.7 Å². The molecular formula is C29H29N3O4. The first-order valence-electron chi connectivity index (χ1n) is 11.7. The van der Waals surface area contributed by atoms with Crippen LogP contribution < -0.4 is 14.8 Å². The van der Waals surface area contributed by atoms with E-state index in [-0.39, 0.29) is 11.7 Å². The second-order valence-electron chi connectivity index (χ2n) is 8.67. The number of amides is 1. The van der Waals surface area contributed by atoms with Crippen LogP contribution in [0.5, 0.6) is 17.4 Å². The quantitative estimate of drug-likeness (QED) is 0.332. The fraction of sp³-hybridized carbons (Fsp3) is 0.207. The molecule has 184 valence electrons. The topological polar surface area (TPSA) is 82.5 Å². The largest absolute Gasteiger partial charge is 0.494 e. The molecule has 0 radical (unpaired) electrons. The number of ketones is 1. The number of Topliss-reactive ketones (excluding diaryl/α,β-unsaturated/α-hetero) is 1. The summed E-state index contributed by atoms with van der Waals surface area (Å²) < 4.78 is 13.5. The summed E-state index contributed by atoms with van der Waals surface area (Å²) in [4.78, 5) is 23.4. The number of ether oxygens (including phenoxy) is 2. The third-order valence-corrected chi connectivity index (χ3v) is 5.72. The summed E-state index contributed by atoms with van der Waals surface area (Å²) in [5.41, 5.74) is 5.32. The van der Waals surface area contributed by atoms with E-state index in [9.17, 15) is 9.59 Å². The second kappa shape index (κ2) is 10.9. The molecule has 0 saturated carbocycles. The summed E-state index contributed by atoms with van der Waals surface area (Å²) in [5, 5.41) is 7.49. The van der Waals surface area contributed by atoms with Crippen LogP contribution in [0.2, 0.25) is 0 Å². The first-order chi connectivity index (χ1) is 17.3. The predicted molar refractivity (Wildman–Crippen MR) is 139 cm³/mol. The lowest BCUT2D eigenvalue weighted by molar-refractivity contribution is -0.116. The van der Waals surface area contributed by atoms with Gasteiger partial charge < -0.3 is 14.8 Å². The number of benzene rings is 3. The minimum Gasteiger partial charge on any atom is -0.494 e. The first-order valence-corrected chi connectivity index (χ1v) is 11.7. The molecule has 0 fully saturated rings. The smallest absolute Gasteiger partial charge is 0.251 e. The molecule has 1 heterocycles. The van der Waals surface area contributed by atoms with Gasteiger partial charge in [-0.25, -0.2) is 4.68 Å².